The minimum absolute atomic E-state index is 0.0311. The first-order valence-corrected chi connectivity index (χ1v) is 5.27. The van der Waals surface area contributed by atoms with Crippen LogP contribution in [0.5, 0.6) is 5.88 Å². The van der Waals surface area contributed by atoms with Crippen molar-refractivity contribution in [2.75, 3.05) is 19.0 Å². The van der Waals surface area contributed by atoms with E-state index >= 15 is 0 Å². The largest absolute Gasteiger partial charge is 0.481 e. The molecule has 1 atom stereocenters. The molecular formula is C10H14N4O5. The fourth-order valence-electron chi connectivity index (χ4n) is 1.18. The number of urea groups is 1. The predicted octanol–water partition coefficient (Wildman–Crippen LogP) is -0.639. The number of carboxylic acid groups (broad SMARTS) is 1. The Hall–Kier alpha value is -2.42. The SMILES string of the molecule is COc1cc(C)nc(NC(=O)N[C@H](CO)C(=O)O)n1. The Morgan fingerprint density at radius 2 is 2.16 bits per heavy atom. The molecule has 0 aliphatic heterocycles. The van der Waals surface area contributed by atoms with Gasteiger partial charge < -0.3 is 20.3 Å². The summed E-state index contributed by atoms with van der Waals surface area (Å²) in [6.45, 7) is 0.960. The van der Waals surface area contributed by atoms with Crippen molar-refractivity contribution in [3.8, 4) is 5.88 Å². The van der Waals surface area contributed by atoms with Crippen LogP contribution < -0.4 is 15.4 Å². The van der Waals surface area contributed by atoms with Crippen LogP contribution in [0.25, 0.3) is 0 Å². The summed E-state index contributed by atoms with van der Waals surface area (Å²) >= 11 is 0. The van der Waals surface area contributed by atoms with Gasteiger partial charge in [-0.25, -0.2) is 14.6 Å². The fourth-order valence-corrected chi connectivity index (χ4v) is 1.18. The third kappa shape index (κ3) is 4.39. The molecule has 0 aliphatic carbocycles. The summed E-state index contributed by atoms with van der Waals surface area (Å²) in [6, 6.07) is -0.669. The number of hydrogen-bond donors (Lipinski definition) is 4. The average molecular weight is 270 g/mol. The van der Waals surface area contributed by atoms with E-state index in [2.05, 4.69) is 20.6 Å². The molecule has 9 nitrogen and oxygen atoms in total. The molecule has 1 rings (SSSR count). The van der Waals surface area contributed by atoms with Gasteiger partial charge in [-0.3, -0.25) is 5.32 Å². The van der Waals surface area contributed by atoms with E-state index in [0.29, 0.717) is 5.69 Å². The van der Waals surface area contributed by atoms with Crippen LogP contribution in [0.4, 0.5) is 10.7 Å². The summed E-state index contributed by atoms with van der Waals surface area (Å²) in [6.07, 6.45) is 0. The van der Waals surface area contributed by atoms with Crippen molar-refractivity contribution in [3.05, 3.63) is 11.8 Å². The van der Waals surface area contributed by atoms with E-state index in [1.807, 2.05) is 0 Å². The van der Waals surface area contributed by atoms with Crippen molar-refractivity contribution >= 4 is 17.9 Å². The molecule has 0 bridgehead atoms. The number of nitrogens with one attached hydrogen (secondary N) is 2. The third-order valence-corrected chi connectivity index (χ3v) is 2.05. The fraction of sp³-hybridized carbons (Fsp3) is 0.400. The second-order valence-corrected chi connectivity index (χ2v) is 3.55. The van der Waals surface area contributed by atoms with E-state index in [4.69, 9.17) is 14.9 Å². The van der Waals surface area contributed by atoms with Crippen molar-refractivity contribution in [1.82, 2.24) is 15.3 Å². The van der Waals surface area contributed by atoms with Crippen molar-refractivity contribution < 1.29 is 24.5 Å². The molecule has 4 N–H and O–H groups in total. The smallest absolute Gasteiger partial charge is 0.328 e. The van der Waals surface area contributed by atoms with Crippen LogP contribution in [0.15, 0.2) is 6.07 Å². The van der Waals surface area contributed by atoms with Gasteiger partial charge in [0.25, 0.3) is 0 Å². The molecule has 0 unspecified atom stereocenters. The summed E-state index contributed by atoms with van der Waals surface area (Å²) in [4.78, 5) is 29.9. The van der Waals surface area contributed by atoms with Crippen LogP contribution in [0.1, 0.15) is 5.69 Å². The number of methoxy groups -OCH3 is 1. The van der Waals surface area contributed by atoms with Crippen LogP contribution in [-0.2, 0) is 4.79 Å². The van der Waals surface area contributed by atoms with Crippen LogP contribution >= 0.6 is 0 Å². The molecule has 2 amide bonds. The normalized spacial score (nSPS) is 11.5. The number of hydrogen-bond acceptors (Lipinski definition) is 6. The summed E-state index contributed by atoms with van der Waals surface area (Å²) < 4.78 is 4.90. The minimum atomic E-state index is -1.40. The van der Waals surface area contributed by atoms with E-state index < -0.39 is 24.6 Å². The van der Waals surface area contributed by atoms with E-state index in [-0.39, 0.29) is 11.8 Å². The number of aryl methyl sites for hydroxylation is 1. The quantitative estimate of drug-likeness (QED) is 0.559. The first-order valence-electron chi connectivity index (χ1n) is 5.27. The highest BCUT2D eigenvalue weighted by Crippen LogP contribution is 2.10. The van der Waals surface area contributed by atoms with Gasteiger partial charge in [-0.1, -0.05) is 0 Å². The number of aliphatic hydroxyl groups is 1. The lowest BCUT2D eigenvalue weighted by Crippen LogP contribution is -2.45. The van der Waals surface area contributed by atoms with Crippen molar-refractivity contribution in [1.29, 1.82) is 0 Å². The monoisotopic (exact) mass is 270 g/mol. The Balaban J connectivity index is 2.71. The highest BCUT2D eigenvalue weighted by Gasteiger charge is 2.19. The van der Waals surface area contributed by atoms with Gasteiger partial charge >= 0.3 is 12.0 Å². The van der Waals surface area contributed by atoms with Gasteiger partial charge in [0, 0.05) is 11.8 Å². The minimum Gasteiger partial charge on any atom is -0.481 e. The Morgan fingerprint density at radius 1 is 1.47 bits per heavy atom. The molecule has 0 saturated heterocycles. The molecule has 0 spiro atoms. The maximum atomic E-state index is 11.5. The van der Waals surface area contributed by atoms with E-state index in [1.165, 1.54) is 7.11 Å². The van der Waals surface area contributed by atoms with Crippen molar-refractivity contribution in [2.24, 2.45) is 0 Å². The van der Waals surface area contributed by atoms with Crippen molar-refractivity contribution in [2.45, 2.75) is 13.0 Å². The summed E-state index contributed by atoms with van der Waals surface area (Å²) in [5.74, 6) is -1.11. The number of aliphatic carboxylic acids is 1. The number of nitrogens with zero attached hydrogens (tertiary/aromatic N) is 2. The highest BCUT2D eigenvalue weighted by atomic mass is 16.5. The maximum Gasteiger partial charge on any atom is 0.328 e. The van der Waals surface area contributed by atoms with Crippen LogP contribution in [0.3, 0.4) is 0 Å². The molecule has 0 saturated carbocycles. The average Bonchev–Trinajstić information content (AvgIpc) is 2.34. The summed E-state index contributed by atoms with van der Waals surface area (Å²) in [7, 11) is 1.41. The second-order valence-electron chi connectivity index (χ2n) is 3.55. The third-order valence-electron chi connectivity index (χ3n) is 2.05. The van der Waals surface area contributed by atoms with Crippen LogP contribution in [0, 0.1) is 6.92 Å². The van der Waals surface area contributed by atoms with Gasteiger partial charge in [0.15, 0.2) is 6.04 Å². The molecule has 0 aliphatic rings. The van der Waals surface area contributed by atoms with Crippen LogP contribution in [-0.4, -0.2) is 51.9 Å². The molecule has 1 aromatic rings. The van der Waals surface area contributed by atoms with Gasteiger partial charge in [0.1, 0.15) is 0 Å². The number of ether oxygens (including phenoxy) is 1. The lowest BCUT2D eigenvalue weighted by atomic mass is 10.3. The van der Waals surface area contributed by atoms with E-state index in [0.717, 1.165) is 0 Å². The van der Waals surface area contributed by atoms with Gasteiger partial charge in [-0.05, 0) is 6.92 Å². The van der Waals surface area contributed by atoms with Gasteiger partial charge in [-0.15, -0.1) is 0 Å². The number of carbonyl (C=O) groups is 2. The first-order chi connectivity index (χ1) is 8.96. The number of carbonyl (C=O) groups excluding carboxylic acids is 1. The molecule has 19 heavy (non-hydrogen) atoms. The zero-order valence-electron chi connectivity index (χ0n) is 10.4. The number of aromatic nitrogens is 2. The zero-order chi connectivity index (χ0) is 14.4. The standard InChI is InChI=1S/C10H14N4O5/c1-5-3-7(19-2)13-9(11-5)14-10(18)12-6(4-15)8(16)17/h3,6,15H,4H2,1-2H3,(H,16,17)(H2,11,12,13,14,18)/t6-/m1/s1. The van der Waals surface area contributed by atoms with Crippen molar-refractivity contribution in [3.63, 3.8) is 0 Å². The molecule has 9 heteroatoms. The van der Waals surface area contributed by atoms with Gasteiger partial charge in [0.2, 0.25) is 11.8 Å². The lowest BCUT2D eigenvalue weighted by Gasteiger charge is -2.12. The molecule has 0 fully saturated rings. The molecule has 0 radical (unpaired) electrons. The Bertz CT molecular complexity index is 479. The first kappa shape index (κ1) is 14.6. The Morgan fingerprint density at radius 3 is 2.68 bits per heavy atom. The highest BCUT2D eigenvalue weighted by molar-refractivity contribution is 5.90. The summed E-state index contributed by atoms with van der Waals surface area (Å²) in [5, 5.41) is 21.7. The van der Waals surface area contributed by atoms with E-state index in [1.54, 1.807) is 13.0 Å². The van der Waals surface area contributed by atoms with E-state index in [9.17, 15) is 9.59 Å². The maximum absolute atomic E-state index is 11.5. The summed E-state index contributed by atoms with van der Waals surface area (Å²) in [5.41, 5.74) is 0.569. The molecule has 0 aromatic carbocycles. The molecular weight excluding hydrogens is 256 g/mol. The molecule has 1 aromatic heterocycles. The molecule has 104 valence electrons. The number of rotatable bonds is 5. The predicted molar refractivity (Wildman–Crippen MR) is 64.0 cm³/mol. The lowest BCUT2D eigenvalue weighted by molar-refractivity contribution is -0.140. The number of amides is 2. The molecule has 1 heterocycles. The Labute approximate surface area is 108 Å². The zero-order valence-corrected chi connectivity index (χ0v) is 10.4. The van der Waals surface area contributed by atoms with Gasteiger partial charge in [0.05, 0.1) is 13.7 Å². The van der Waals surface area contributed by atoms with Crippen LogP contribution in [0.2, 0.25) is 0 Å². The topological polar surface area (TPSA) is 134 Å². The number of aliphatic hydroxyl groups excluding tert-OH is 1. The number of anilines is 1. The van der Waals surface area contributed by atoms with Gasteiger partial charge in [-0.2, -0.15) is 4.98 Å². The number of carboxylic acids is 1. The Kier molecular flexibility index (Phi) is 5.01. The second kappa shape index (κ2) is 6.50.